The summed E-state index contributed by atoms with van der Waals surface area (Å²) in [5, 5.41) is 5.27. The van der Waals surface area contributed by atoms with Crippen molar-refractivity contribution in [3.8, 4) is 22.3 Å². The highest BCUT2D eigenvalue weighted by molar-refractivity contribution is 7.15. The predicted molar refractivity (Wildman–Crippen MR) is 130 cm³/mol. The molecule has 1 heterocycles. The van der Waals surface area contributed by atoms with Crippen LogP contribution in [0.25, 0.3) is 22.3 Å². The van der Waals surface area contributed by atoms with E-state index < -0.39 is 5.97 Å². The summed E-state index contributed by atoms with van der Waals surface area (Å²) in [5.74, 6) is -0.716. The molecule has 0 atom stereocenters. The van der Waals surface area contributed by atoms with Crippen LogP contribution in [0.1, 0.15) is 33.2 Å². The third-order valence-electron chi connectivity index (χ3n) is 5.11. The van der Waals surface area contributed by atoms with Crippen LogP contribution in [0, 0.1) is 6.92 Å². The van der Waals surface area contributed by atoms with Gasteiger partial charge in [-0.05, 0) is 42.7 Å². The molecule has 0 bridgehead atoms. The summed E-state index contributed by atoms with van der Waals surface area (Å²) in [5.41, 5.74) is 5.82. The molecule has 3 aromatic carbocycles. The standard InChI is InChI=1S/C27H23NO3S/c1-3-31-27(30)24-23(21-11-9-18(2)10-12-21)17-32-26(24)28-25(29)22-15-13-20(14-16-22)19-7-5-4-6-8-19/h4-17H,3H2,1-2H3,(H,28,29). The maximum atomic E-state index is 12.9. The maximum absolute atomic E-state index is 12.9. The number of carbonyl (C=O) groups excluding carboxylic acids is 2. The van der Waals surface area contributed by atoms with Gasteiger partial charge in [-0.1, -0.05) is 72.3 Å². The minimum atomic E-state index is -0.445. The SMILES string of the molecule is CCOC(=O)c1c(-c2ccc(C)cc2)csc1NC(=O)c1ccc(-c2ccccc2)cc1. The van der Waals surface area contributed by atoms with Crippen molar-refractivity contribution in [2.45, 2.75) is 13.8 Å². The zero-order valence-electron chi connectivity index (χ0n) is 17.9. The van der Waals surface area contributed by atoms with E-state index in [4.69, 9.17) is 4.74 Å². The van der Waals surface area contributed by atoms with Crippen molar-refractivity contribution in [2.75, 3.05) is 11.9 Å². The van der Waals surface area contributed by atoms with Crippen LogP contribution in [0.3, 0.4) is 0 Å². The molecular weight excluding hydrogens is 418 g/mol. The molecule has 0 aliphatic carbocycles. The lowest BCUT2D eigenvalue weighted by atomic mass is 10.0. The first kappa shape index (κ1) is 21.5. The van der Waals surface area contributed by atoms with Crippen molar-refractivity contribution in [1.29, 1.82) is 0 Å². The van der Waals surface area contributed by atoms with Gasteiger partial charge in [-0.3, -0.25) is 4.79 Å². The summed E-state index contributed by atoms with van der Waals surface area (Å²) < 4.78 is 5.28. The molecule has 160 valence electrons. The van der Waals surface area contributed by atoms with E-state index in [1.165, 1.54) is 11.3 Å². The highest BCUT2D eigenvalue weighted by Crippen LogP contribution is 2.36. The molecule has 4 aromatic rings. The first-order valence-electron chi connectivity index (χ1n) is 10.4. The number of thiophene rings is 1. The van der Waals surface area contributed by atoms with E-state index in [2.05, 4.69) is 5.32 Å². The zero-order valence-corrected chi connectivity index (χ0v) is 18.7. The third-order valence-corrected chi connectivity index (χ3v) is 6.01. The average molecular weight is 442 g/mol. The van der Waals surface area contributed by atoms with Crippen LogP contribution >= 0.6 is 11.3 Å². The first-order chi connectivity index (χ1) is 15.6. The molecule has 5 heteroatoms. The van der Waals surface area contributed by atoms with Crippen LogP contribution in [0.2, 0.25) is 0 Å². The Labute approximate surface area is 191 Å². The van der Waals surface area contributed by atoms with E-state index >= 15 is 0 Å². The molecule has 0 aliphatic heterocycles. The number of aryl methyl sites for hydroxylation is 1. The number of hydrogen-bond acceptors (Lipinski definition) is 4. The van der Waals surface area contributed by atoms with E-state index in [-0.39, 0.29) is 12.5 Å². The van der Waals surface area contributed by atoms with Gasteiger partial charge < -0.3 is 10.1 Å². The molecule has 32 heavy (non-hydrogen) atoms. The van der Waals surface area contributed by atoms with Crippen LogP contribution in [-0.2, 0) is 4.74 Å². The molecular formula is C27H23NO3S. The molecule has 4 nitrogen and oxygen atoms in total. The van der Waals surface area contributed by atoms with Gasteiger partial charge in [0.2, 0.25) is 0 Å². The van der Waals surface area contributed by atoms with Crippen molar-refractivity contribution < 1.29 is 14.3 Å². The van der Waals surface area contributed by atoms with Gasteiger partial charge in [-0.2, -0.15) is 0 Å². The van der Waals surface area contributed by atoms with E-state index in [1.807, 2.05) is 79.0 Å². The fraction of sp³-hybridized carbons (Fsp3) is 0.111. The van der Waals surface area contributed by atoms with Crippen molar-refractivity contribution >= 4 is 28.2 Å². The molecule has 0 unspecified atom stereocenters. The van der Waals surface area contributed by atoms with Crippen LogP contribution in [0.5, 0.6) is 0 Å². The molecule has 0 spiro atoms. The Morgan fingerprint density at radius 2 is 1.47 bits per heavy atom. The van der Waals surface area contributed by atoms with E-state index in [0.717, 1.165) is 27.8 Å². The molecule has 0 radical (unpaired) electrons. The van der Waals surface area contributed by atoms with E-state index in [0.29, 0.717) is 16.1 Å². The van der Waals surface area contributed by atoms with Gasteiger partial charge in [-0.15, -0.1) is 11.3 Å². The summed E-state index contributed by atoms with van der Waals surface area (Å²) in [7, 11) is 0. The number of hydrogen-bond donors (Lipinski definition) is 1. The van der Waals surface area contributed by atoms with Crippen LogP contribution in [0.15, 0.2) is 84.2 Å². The average Bonchev–Trinajstić information content (AvgIpc) is 3.24. The number of esters is 1. The normalized spacial score (nSPS) is 10.6. The lowest BCUT2D eigenvalue weighted by molar-refractivity contribution is 0.0529. The Balaban J connectivity index is 1.61. The number of anilines is 1. The Hall–Kier alpha value is -3.70. The van der Waals surface area contributed by atoms with E-state index in [9.17, 15) is 9.59 Å². The topological polar surface area (TPSA) is 55.4 Å². The summed E-state index contributed by atoms with van der Waals surface area (Å²) in [6.45, 7) is 4.04. The fourth-order valence-electron chi connectivity index (χ4n) is 3.42. The number of nitrogens with one attached hydrogen (secondary N) is 1. The van der Waals surface area contributed by atoms with Gasteiger partial charge in [0.05, 0.1) is 6.61 Å². The summed E-state index contributed by atoms with van der Waals surface area (Å²) in [6, 6.07) is 25.3. The number of amides is 1. The van der Waals surface area contributed by atoms with Gasteiger partial charge in [0.1, 0.15) is 10.6 Å². The molecule has 0 fully saturated rings. The maximum Gasteiger partial charge on any atom is 0.341 e. The number of benzene rings is 3. The second-order valence-corrected chi connectivity index (χ2v) is 8.22. The third kappa shape index (κ3) is 4.63. The van der Waals surface area contributed by atoms with Gasteiger partial charge in [0.25, 0.3) is 5.91 Å². The van der Waals surface area contributed by atoms with E-state index in [1.54, 1.807) is 19.1 Å². The largest absolute Gasteiger partial charge is 0.462 e. The second-order valence-electron chi connectivity index (χ2n) is 7.34. The van der Waals surface area contributed by atoms with Crippen LogP contribution in [-0.4, -0.2) is 18.5 Å². The summed E-state index contributed by atoms with van der Waals surface area (Å²) in [4.78, 5) is 25.7. The number of rotatable bonds is 6. The first-order valence-corrected chi connectivity index (χ1v) is 11.3. The summed E-state index contributed by atoms with van der Waals surface area (Å²) in [6.07, 6.45) is 0. The van der Waals surface area contributed by atoms with Crippen molar-refractivity contribution in [3.63, 3.8) is 0 Å². The fourth-order valence-corrected chi connectivity index (χ4v) is 4.37. The minimum Gasteiger partial charge on any atom is -0.462 e. The Morgan fingerprint density at radius 3 is 2.12 bits per heavy atom. The zero-order chi connectivity index (χ0) is 22.5. The minimum absolute atomic E-state index is 0.260. The molecule has 4 rings (SSSR count). The van der Waals surface area contributed by atoms with Crippen molar-refractivity contribution in [2.24, 2.45) is 0 Å². The predicted octanol–water partition coefficient (Wildman–Crippen LogP) is 6.82. The molecule has 0 saturated heterocycles. The highest BCUT2D eigenvalue weighted by atomic mass is 32.1. The smallest absolute Gasteiger partial charge is 0.341 e. The molecule has 1 N–H and O–H groups in total. The monoisotopic (exact) mass is 441 g/mol. The molecule has 0 saturated carbocycles. The summed E-state index contributed by atoms with van der Waals surface area (Å²) >= 11 is 1.32. The molecule has 0 aliphatic rings. The lowest BCUT2D eigenvalue weighted by Crippen LogP contribution is -2.14. The molecule has 1 aromatic heterocycles. The highest BCUT2D eigenvalue weighted by Gasteiger charge is 2.23. The van der Waals surface area contributed by atoms with Crippen molar-refractivity contribution in [3.05, 3.63) is 101 Å². The van der Waals surface area contributed by atoms with Crippen LogP contribution < -0.4 is 5.32 Å². The molecule has 1 amide bonds. The van der Waals surface area contributed by atoms with Gasteiger partial charge >= 0.3 is 5.97 Å². The Kier molecular flexibility index (Phi) is 6.47. The lowest BCUT2D eigenvalue weighted by Gasteiger charge is -2.09. The second kappa shape index (κ2) is 9.62. The van der Waals surface area contributed by atoms with Gasteiger partial charge in [0, 0.05) is 16.5 Å². The Morgan fingerprint density at radius 1 is 0.844 bits per heavy atom. The Bertz CT molecular complexity index is 1230. The van der Waals surface area contributed by atoms with Gasteiger partial charge in [0.15, 0.2) is 0 Å². The van der Waals surface area contributed by atoms with Crippen LogP contribution in [0.4, 0.5) is 5.00 Å². The van der Waals surface area contributed by atoms with Crippen molar-refractivity contribution in [1.82, 2.24) is 0 Å². The van der Waals surface area contributed by atoms with Gasteiger partial charge in [-0.25, -0.2) is 4.79 Å². The quantitative estimate of drug-likeness (QED) is 0.334. The number of carbonyl (C=O) groups is 2. The number of ether oxygens (including phenoxy) is 1.